The molecule has 0 aromatic heterocycles. The molecule has 0 aliphatic heterocycles. The lowest BCUT2D eigenvalue weighted by atomic mass is 10.2. The number of hydrogen-bond donors (Lipinski definition) is 1. The van der Waals surface area contributed by atoms with Crippen molar-refractivity contribution in [2.45, 2.75) is 25.7 Å². The molecule has 35 heavy (non-hydrogen) atoms. The van der Waals surface area contributed by atoms with E-state index < -0.39 is 22.5 Å². The third kappa shape index (κ3) is 6.61. The van der Waals surface area contributed by atoms with Crippen molar-refractivity contribution in [2.75, 3.05) is 28.8 Å². The van der Waals surface area contributed by atoms with Crippen molar-refractivity contribution in [1.82, 2.24) is 5.43 Å². The number of benzene rings is 3. The molecule has 0 radical (unpaired) electrons. The zero-order valence-corrected chi connectivity index (χ0v) is 21.6. The van der Waals surface area contributed by atoms with Crippen molar-refractivity contribution in [2.24, 2.45) is 5.10 Å². The van der Waals surface area contributed by atoms with Crippen molar-refractivity contribution in [1.29, 1.82) is 0 Å². The maximum Gasteiger partial charge on any atom is 0.264 e. The highest BCUT2D eigenvalue weighted by molar-refractivity contribution is 7.92. The maximum atomic E-state index is 13.4. The fourth-order valence-corrected chi connectivity index (χ4v) is 5.22. The van der Waals surface area contributed by atoms with Crippen molar-refractivity contribution in [3.63, 3.8) is 0 Å². The van der Waals surface area contributed by atoms with Gasteiger partial charge in [0, 0.05) is 18.8 Å². The van der Waals surface area contributed by atoms with Crippen LogP contribution in [0.3, 0.4) is 0 Å². The second-order valence-electron chi connectivity index (χ2n) is 7.83. The molecule has 7 nitrogen and oxygen atoms in total. The summed E-state index contributed by atoms with van der Waals surface area (Å²) >= 11 is 6.29. The summed E-state index contributed by atoms with van der Waals surface area (Å²) in [4.78, 5) is 15.0. The Morgan fingerprint density at radius 1 is 0.971 bits per heavy atom. The van der Waals surface area contributed by atoms with Crippen molar-refractivity contribution in [3.8, 4) is 0 Å². The highest BCUT2D eigenvalue weighted by atomic mass is 35.5. The number of nitrogens with zero attached hydrogens (tertiary/aromatic N) is 3. The van der Waals surface area contributed by atoms with E-state index in [-0.39, 0.29) is 15.6 Å². The van der Waals surface area contributed by atoms with E-state index >= 15 is 0 Å². The third-order valence-electron chi connectivity index (χ3n) is 5.44. The molecule has 3 aromatic carbocycles. The minimum Gasteiger partial charge on any atom is -0.372 e. The number of nitrogens with one attached hydrogen (secondary N) is 1. The molecule has 0 atom stereocenters. The molecule has 0 unspecified atom stereocenters. The Kier molecular flexibility index (Phi) is 8.89. The summed E-state index contributed by atoms with van der Waals surface area (Å²) < 4.78 is 27.8. The molecule has 0 saturated carbocycles. The Morgan fingerprint density at radius 3 is 2.20 bits per heavy atom. The van der Waals surface area contributed by atoms with Gasteiger partial charge in [-0.15, -0.1) is 0 Å². The molecule has 1 amide bonds. The highest BCUT2D eigenvalue weighted by Gasteiger charge is 2.28. The molecule has 0 spiro atoms. The molecule has 0 bridgehead atoms. The van der Waals surface area contributed by atoms with Crippen LogP contribution in [0.1, 0.15) is 25.0 Å². The van der Waals surface area contributed by atoms with Gasteiger partial charge in [0.15, 0.2) is 0 Å². The summed E-state index contributed by atoms with van der Waals surface area (Å²) in [5, 5.41) is 4.21. The van der Waals surface area contributed by atoms with Crippen molar-refractivity contribution >= 4 is 45.1 Å². The number of carbonyl (C=O) groups excluding carboxylic acids is 1. The van der Waals surface area contributed by atoms with E-state index in [1.165, 1.54) is 18.3 Å². The summed E-state index contributed by atoms with van der Waals surface area (Å²) in [6, 6.07) is 20.7. The van der Waals surface area contributed by atoms with E-state index in [1.807, 2.05) is 31.2 Å². The van der Waals surface area contributed by atoms with Crippen molar-refractivity contribution in [3.05, 3.63) is 88.9 Å². The second-order valence-corrected chi connectivity index (χ2v) is 10.1. The molecule has 0 saturated heterocycles. The van der Waals surface area contributed by atoms with Crippen LogP contribution in [0.5, 0.6) is 0 Å². The normalized spacial score (nSPS) is 11.4. The van der Waals surface area contributed by atoms with Gasteiger partial charge in [-0.25, -0.2) is 13.8 Å². The van der Waals surface area contributed by atoms with Gasteiger partial charge in [0.05, 0.1) is 21.8 Å². The Balaban J connectivity index is 1.77. The Morgan fingerprint density at radius 2 is 1.60 bits per heavy atom. The maximum absolute atomic E-state index is 13.4. The Labute approximate surface area is 212 Å². The molecule has 3 aromatic rings. The van der Waals surface area contributed by atoms with E-state index in [2.05, 4.69) is 29.3 Å². The number of sulfonamides is 1. The Bertz CT molecular complexity index is 1270. The highest BCUT2D eigenvalue weighted by Crippen LogP contribution is 2.30. The molecule has 9 heteroatoms. The zero-order valence-electron chi connectivity index (χ0n) is 20.0. The lowest BCUT2D eigenvalue weighted by Gasteiger charge is -2.24. The smallest absolute Gasteiger partial charge is 0.264 e. The molecular weight excluding hydrogens is 484 g/mol. The zero-order chi connectivity index (χ0) is 25.4. The van der Waals surface area contributed by atoms with Crippen LogP contribution in [0.25, 0.3) is 0 Å². The largest absolute Gasteiger partial charge is 0.372 e. The molecule has 0 fully saturated rings. The van der Waals surface area contributed by atoms with Gasteiger partial charge in [0.25, 0.3) is 15.9 Å². The standard InChI is InChI=1S/C26H29ClN4O3S/c1-4-30(5-2)22-14-12-21(13-15-22)18-28-29-26(32)19-31(25-9-7-6-8-24(25)27)35(33,34)23-16-10-20(3)11-17-23/h6-18H,4-5,19H2,1-3H3,(H,29,32)/b28-18-. The number of halogens is 1. The van der Waals surface area contributed by atoms with Gasteiger partial charge in [-0.2, -0.15) is 5.10 Å². The number of carbonyl (C=O) groups is 1. The average Bonchev–Trinajstić information content (AvgIpc) is 2.85. The van der Waals surface area contributed by atoms with E-state index in [1.54, 1.807) is 36.4 Å². The average molecular weight is 513 g/mol. The van der Waals surface area contributed by atoms with Gasteiger partial charge in [0.2, 0.25) is 0 Å². The van der Waals surface area contributed by atoms with Crippen molar-refractivity contribution < 1.29 is 13.2 Å². The first-order valence-corrected chi connectivity index (χ1v) is 13.1. The molecule has 1 N–H and O–H groups in total. The van der Waals surface area contributed by atoms with Gasteiger partial charge in [-0.05, 0) is 62.7 Å². The van der Waals surface area contributed by atoms with Crippen LogP contribution in [-0.2, 0) is 14.8 Å². The minimum absolute atomic E-state index is 0.0626. The summed E-state index contributed by atoms with van der Waals surface area (Å²) in [5.41, 5.74) is 5.45. The van der Waals surface area contributed by atoms with E-state index in [0.717, 1.165) is 34.2 Å². The van der Waals surface area contributed by atoms with Gasteiger partial charge in [0.1, 0.15) is 6.54 Å². The van der Waals surface area contributed by atoms with Gasteiger partial charge >= 0.3 is 0 Å². The predicted molar refractivity (Wildman–Crippen MR) is 143 cm³/mol. The first kappa shape index (κ1) is 26.2. The number of aryl methyl sites for hydroxylation is 1. The van der Waals surface area contributed by atoms with E-state index in [0.29, 0.717) is 0 Å². The topological polar surface area (TPSA) is 82.1 Å². The van der Waals surface area contributed by atoms with E-state index in [9.17, 15) is 13.2 Å². The van der Waals surface area contributed by atoms with E-state index in [4.69, 9.17) is 11.6 Å². The van der Waals surface area contributed by atoms with Crippen LogP contribution in [-0.4, -0.2) is 40.2 Å². The monoisotopic (exact) mass is 512 g/mol. The fourth-order valence-electron chi connectivity index (χ4n) is 3.50. The number of anilines is 2. The second kappa shape index (κ2) is 11.9. The molecule has 3 rings (SSSR count). The minimum atomic E-state index is -4.05. The molecule has 184 valence electrons. The number of amides is 1. The fraction of sp³-hybridized carbons (Fsp3) is 0.231. The molecule has 0 heterocycles. The summed E-state index contributed by atoms with van der Waals surface area (Å²) in [5.74, 6) is -0.600. The van der Waals surface area contributed by atoms with Crippen LogP contribution in [0.15, 0.2) is 82.8 Å². The van der Waals surface area contributed by atoms with Crippen LogP contribution >= 0.6 is 11.6 Å². The quantitative estimate of drug-likeness (QED) is 0.311. The number of para-hydroxylation sites is 1. The van der Waals surface area contributed by atoms with Crippen LogP contribution < -0.4 is 14.6 Å². The molecule has 0 aliphatic carbocycles. The summed E-state index contributed by atoms with van der Waals surface area (Å²) in [6.07, 6.45) is 1.51. The lowest BCUT2D eigenvalue weighted by molar-refractivity contribution is -0.119. The lowest BCUT2D eigenvalue weighted by Crippen LogP contribution is -2.39. The van der Waals surface area contributed by atoms with Crippen LogP contribution in [0, 0.1) is 6.92 Å². The van der Waals surface area contributed by atoms with Crippen LogP contribution in [0.2, 0.25) is 5.02 Å². The Hall–Kier alpha value is -3.36. The molecular formula is C26H29ClN4O3S. The first-order valence-electron chi connectivity index (χ1n) is 11.3. The SMILES string of the molecule is CCN(CC)c1ccc(/C=N\NC(=O)CN(c2ccccc2Cl)S(=O)(=O)c2ccc(C)cc2)cc1. The molecule has 0 aliphatic rings. The predicted octanol–water partition coefficient (Wildman–Crippen LogP) is 4.84. The van der Waals surface area contributed by atoms with Crippen LogP contribution in [0.4, 0.5) is 11.4 Å². The van der Waals surface area contributed by atoms with Gasteiger partial charge in [-0.3, -0.25) is 9.10 Å². The number of hydrazone groups is 1. The summed E-state index contributed by atoms with van der Waals surface area (Å²) in [7, 11) is -4.05. The van der Waals surface area contributed by atoms with Gasteiger partial charge < -0.3 is 4.90 Å². The third-order valence-corrected chi connectivity index (χ3v) is 7.54. The number of hydrogen-bond acceptors (Lipinski definition) is 5. The first-order chi connectivity index (χ1) is 16.8. The summed E-state index contributed by atoms with van der Waals surface area (Å²) in [6.45, 7) is 7.39. The number of rotatable bonds is 10. The van der Waals surface area contributed by atoms with Gasteiger partial charge in [-0.1, -0.05) is 53.6 Å².